The SMILES string of the molecule is C[C@@H](O)[C@H]1C(=O)N2C(C(=O)O)=C(Oc3ccc(CC#N)cc3)S[C@H]12. The number of carbonyl (C=O) groups excluding carboxylic acids is 1. The molecule has 1 saturated heterocycles. The number of aliphatic hydroxyl groups excluding tert-OH is 1. The van der Waals surface area contributed by atoms with E-state index in [1.165, 1.54) is 6.92 Å². The molecule has 0 bridgehead atoms. The Kier molecular flexibility index (Phi) is 4.22. The second-order valence-electron chi connectivity index (χ2n) is 5.51. The van der Waals surface area contributed by atoms with Crippen LogP contribution in [0.1, 0.15) is 12.5 Å². The zero-order chi connectivity index (χ0) is 17.4. The third-order valence-electron chi connectivity index (χ3n) is 3.89. The van der Waals surface area contributed by atoms with Gasteiger partial charge in [-0.15, -0.1) is 0 Å². The number of nitriles is 1. The van der Waals surface area contributed by atoms with Gasteiger partial charge in [-0.1, -0.05) is 23.9 Å². The number of rotatable bonds is 5. The van der Waals surface area contributed by atoms with Gasteiger partial charge in [0.25, 0.3) is 0 Å². The van der Waals surface area contributed by atoms with Gasteiger partial charge >= 0.3 is 5.97 Å². The Bertz CT molecular complexity index is 766. The number of aliphatic hydroxyl groups is 1. The van der Waals surface area contributed by atoms with Crippen molar-refractivity contribution in [3.63, 3.8) is 0 Å². The molecule has 24 heavy (non-hydrogen) atoms. The highest BCUT2D eigenvalue weighted by atomic mass is 32.2. The van der Waals surface area contributed by atoms with Gasteiger partial charge in [0, 0.05) is 0 Å². The number of amides is 1. The number of thioether (sulfide) groups is 1. The lowest BCUT2D eigenvalue weighted by atomic mass is 9.92. The van der Waals surface area contributed by atoms with E-state index in [1.807, 2.05) is 6.07 Å². The van der Waals surface area contributed by atoms with Gasteiger partial charge in [0.15, 0.2) is 10.8 Å². The summed E-state index contributed by atoms with van der Waals surface area (Å²) < 4.78 is 5.64. The second-order valence-corrected chi connectivity index (χ2v) is 6.59. The molecule has 1 fully saturated rings. The normalized spacial score (nSPS) is 23.4. The molecule has 1 aromatic carbocycles. The summed E-state index contributed by atoms with van der Waals surface area (Å²) >= 11 is 1.12. The highest BCUT2D eigenvalue weighted by Gasteiger charge is 2.58. The summed E-state index contributed by atoms with van der Waals surface area (Å²) in [5.74, 6) is -1.88. The number of carboxylic acid groups (broad SMARTS) is 1. The van der Waals surface area contributed by atoms with Crippen molar-refractivity contribution in [2.75, 3.05) is 0 Å². The Morgan fingerprint density at radius 3 is 2.67 bits per heavy atom. The summed E-state index contributed by atoms with van der Waals surface area (Å²) in [5, 5.41) is 27.4. The molecule has 2 N–H and O–H groups in total. The topological polar surface area (TPSA) is 111 Å². The monoisotopic (exact) mass is 346 g/mol. The minimum atomic E-state index is -1.25. The summed E-state index contributed by atoms with van der Waals surface area (Å²) in [6, 6.07) is 8.76. The minimum Gasteiger partial charge on any atom is -0.476 e. The van der Waals surface area contributed by atoms with Crippen LogP contribution >= 0.6 is 11.8 Å². The first-order valence-corrected chi connectivity index (χ1v) is 8.11. The summed E-state index contributed by atoms with van der Waals surface area (Å²) in [6.07, 6.45) is -0.579. The highest BCUT2D eigenvalue weighted by molar-refractivity contribution is 8.03. The highest BCUT2D eigenvalue weighted by Crippen LogP contribution is 2.50. The van der Waals surface area contributed by atoms with Gasteiger partial charge in [0.1, 0.15) is 11.1 Å². The van der Waals surface area contributed by atoms with E-state index in [-0.39, 0.29) is 17.2 Å². The zero-order valence-corrected chi connectivity index (χ0v) is 13.5. The quantitative estimate of drug-likeness (QED) is 0.773. The van der Waals surface area contributed by atoms with Gasteiger partial charge in [0.2, 0.25) is 5.91 Å². The molecule has 0 saturated carbocycles. The maximum absolute atomic E-state index is 12.1. The maximum atomic E-state index is 12.1. The number of aliphatic carboxylic acids is 1. The molecule has 8 heteroatoms. The van der Waals surface area contributed by atoms with E-state index in [0.29, 0.717) is 5.75 Å². The van der Waals surface area contributed by atoms with Crippen molar-refractivity contribution in [1.29, 1.82) is 5.26 Å². The molecule has 1 amide bonds. The third kappa shape index (κ3) is 2.62. The number of hydrogen-bond acceptors (Lipinski definition) is 6. The van der Waals surface area contributed by atoms with Crippen LogP contribution in [0.15, 0.2) is 35.1 Å². The summed E-state index contributed by atoms with van der Waals surface area (Å²) in [4.78, 5) is 24.7. The molecule has 3 atom stereocenters. The summed E-state index contributed by atoms with van der Waals surface area (Å²) in [7, 11) is 0. The molecule has 7 nitrogen and oxygen atoms in total. The number of β-lactam (4-membered cyclic amide) rings is 1. The van der Waals surface area contributed by atoms with Crippen molar-refractivity contribution in [2.24, 2.45) is 5.92 Å². The molecule has 2 aliphatic heterocycles. The van der Waals surface area contributed by atoms with Crippen LogP contribution in [0.2, 0.25) is 0 Å². The van der Waals surface area contributed by atoms with Gasteiger partial charge in [0.05, 0.1) is 24.5 Å². The molecular formula is C16H14N2O5S. The number of carbonyl (C=O) groups is 2. The first-order chi connectivity index (χ1) is 11.4. The average molecular weight is 346 g/mol. The molecule has 0 aromatic heterocycles. The van der Waals surface area contributed by atoms with Crippen molar-refractivity contribution in [1.82, 2.24) is 4.90 Å². The number of benzene rings is 1. The van der Waals surface area contributed by atoms with Crippen molar-refractivity contribution < 1.29 is 24.5 Å². The number of fused-ring (bicyclic) bond motifs is 1. The van der Waals surface area contributed by atoms with Crippen LogP contribution in [0.4, 0.5) is 0 Å². The van der Waals surface area contributed by atoms with Crippen LogP contribution < -0.4 is 4.74 Å². The van der Waals surface area contributed by atoms with Crippen LogP contribution in [-0.2, 0) is 16.0 Å². The maximum Gasteiger partial charge on any atom is 0.357 e. The third-order valence-corrected chi connectivity index (χ3v) is 5.12. The fourth-order valence-electron chi connectivity index (χ4n) is 2.69. The first-order valence-electron chi connectivity index (χ1n) is 7.23. The lowest BCUT2D eigenvalue weighted by Gasteiger charge is -2.43. The smallest absolute Gasteiger partial charge is 0.357 e. The van der Waals surface area contributed by atoms with E-state index in [9.17, 15) is 19.8 Å². The van der Waals surface area contributed by atoms with E-state index in [1.54, 1.807) is 24.3 Å². The number of ether oxygens (including phenoxy) is 1. The lowest BCUT2D eigenvalue weighted by molar-refractivity contribution is -0.156. The second kappa shape index (κ2) is 6.19. The lowest BCUT2D eigenvalue weighted by Crippen LogP contribution is -2.60. The van der Waals surface area contributed by atoms with Gasteiger partial charge in [-0.2, -0.15) is 5.26 Å². The fraction of sp³-hybridized carbons (Fsp3) is 0.312. The largest absolute Gasteiger partial charge is 0.476 e. The van der Waals surface area contributed by atoms with Gasteiger partial charge in [-0.3, -0.25) is 9.69 Å². The van der Waals surface area contributed by atoms with Crippen molar-refractivity contribution in [2.45, 2.75) is 24.8 Å². The molecular weight excluding hydrogens is 332 g/mol. The zero-order valence-electron chi connectivity index (χ0n) is 12.7. The van der Waals surface area contributed by atoms with Crippen molar-refractivity contribution >= 4 is 23.6 Å². The summed E-state index contributed by atoms with van der Waals surface area (Å²) in [5.41, 5.74) is 0.623. The van der Waals surface area contributed by atoms with Gasteiger partial charge in [-0.05, 0) is 24.6 Å². The van der Waals surface area contributed by atoms with Crippen LogP contribution in [0.3, 0.4) is 0 Å². The Morgan fingerprint density at radius 2 is 2.12 bits per heavy atom. The Balaban J connectivity index is 1.83. The number of carboxylic acids is 1. The molecule has 0 spiro atoms. The number of hydrogen-bond donors (Lipinski definition) is 2. The standard InChI is InChI=1S/C16H14N2O5S/c1-8(19)11-13(20)18-12(15(21)22)16(24-14(11)18)23-10-4-2-9(3-5-10)6-7-17/h2-5,8,11,14,19H,6H2,1H3,(H,21,22)/t8-,11+,14-/m1/s1. The van der Waals surface area contributed by atoms with Gasteiger partial charge in [-0.25, -0.2) is 4.79 Å². The first kappa shape index (κ1) is 16.4. The molecule has 0 aliphatic carbocycles. The molecule has 3 rings (SSSR count). The summed E-state index contributed by atoms with van der Waals surface area (Å²) in [6.45, 7) is 1.51. The Hall–Kier alpha value is -2.50. The van der Waals surface area contributed by atoms with E-state index in [2.05, 4.69) is 0 Å². The van der Waals surface area contributed by atoms with Crippen LogP contribution in [0, 0.1) is 17.2 Å². The predicted molar refractivity (Wildman–Crippen MR) is 84.4 cm³/mol. The molecule has 0 radical (unpaired) electrons. The number of nitrogens with zero attached hydrogens (tertiary/aromatic N) is 2. The van der Waals surface area contributed by atoms with Crippen LogP contribution in [0.5, 0.6) is 5.75 Å². The Morgan fingerprint density at radius 1 is 1.46 bits per heavy atom. The minimum absolute atomic E-state index is 0.122. The predicted octanol–water partition coefficient (Wildman–Crippen LogP) is 1.30. The van der Waals surface area contributed by atoms with Crippen LogP contribution in [-0.4, -0.2) is 38.5 Å². The molecule has 2 aliphatic rings. The Labute approximate surface area is 142 Å². The fourth-order valence-corrected chi connectivity index (χ4v) is 4.16. The molecule has 1 aromatic rings. The molecule has 0 unspecified atom stereocenters. The van der Waals surface area contributed by atoms with Crippen LogP contribution in [0.25, 0.3) is 0 Å². The average Bonchev–Trinajstić information content (AvgIpc) is 2.83. The van der Waals surface area contributed by atoms with Gasteiger partial charge < -0.3 is 14.9 Å². The van der Waals surface area contributed by atoms with Crippen molar-refractivity contribution in [3.8, 4) is 11.8 Å². The van der Waals surface area contributed by atoms with E-state index >= 15 is 0 Å². The molecule has 2 heterocycles. The van der Waals surface area contributed by atoms with E-state index in [4.69, 9.17) is 10.00 Å². The van der Waals surface area contributed by atoms with Crippen molar-refractivity contribution in [3.05, 3.63) is 40.6 Å². The molecule has 124 valence electrons. The van der Waals surface area contributed by atoms with E-state index < -0.39 is 29.3 Å². The van der Waals surface area contributed by atoms with E-state index in [0.717, 1.165) is 22.2 Å².